The van der Waals surface area contributed by atoms with Crippen LogP contribution in [0.5, 0.6) is 0 Å². The van der Waals surface area contributed by atoms with Gasteiger partial charge >= 0.3 is 0 Å². The van der Waals surface area contributed by atoms with Crippen LogP contribution < -0.4 is 14.7 Å². The van der Waals surface area contributed by atoms with Crippen LogP contribution in [0.1, 0.15) is 25.0 Å². The molecule has 22 aromatic carbocycles. The second-order valence-electron chi connectivity index (χ2n) is 35.0. The van der Waals surface area contributed by atoms with E-state index in [0.717, 1.165) is 51.2 Å². The maximum Gasteiger partial charge on any atom is 0.0468 e. The van der Waals surface area contributed by atoms with E-state index in [1.54, 1.807) is 0 Å². The highest BCUT2D eigenvalue weighted by Crippen LogP contribution is 2.53. The number of anilines is 9. The smallest absolute Gasteiger partial charge is 0.0468 e. The Morgan fingerprint density at radius 1 is 0.125 bits per heavy atom. The van der Waals surface area contributed by atoms with E-state index in [0.29, 0.717) is 0 Å². The fourth-order valence-corrected chi connectivity index (χ4v) is 19.5. The molecule has 0 aromatic heterocycles. The molecule has 0 fully saturated rings. The quantitative estimate of drug-likeness (QED) is 0.0753. The maximum absolute atomic E-state index is 2.44. The van der Waals surface area contributed by atoms with Crippen LogP contribution in [0, 0.1) is 0 Å². The minimum Gasteiger partial charge on any atom is -0.310 e. The van der Waals surface area contributed by atoms with E-state index >= 15 is 0 Å². The highest BCUT2D eigenvalue weighted by Gasteiger charge is 2.36. The first-order valence-electron chi connectivity index (χ1n) is 46.8. The number of nitrogens with zero attached hydrogens (tertiary/aromatic N) is 3. The summed E-state index contributed by atoms with van der Waals surface area (Å²) < 4.78 is 0. The third-order valence-electron chi connectivity index (χ3n) is 26.3. The lowest BCUT2D eigenvalue weighted by atomic mass is 9.81. The van der Waals surface area contributed by atoms with E-state index in [-0.39, 0.29) is 5.41 Å². The van der Waals surface area contributed by atoms with E-state index < -0.39 is 0 Å². The first-order valence-corrected chi connectivity index (χ1v) is 46.8. The van der Waals surface area contributed by atoms with Crippen molar-refractivity contribution in [1.82, 2.24) is 0 Å². The molecular weight excluding hydrogens is 1640 g/mol. The van der Waals surface area contributed by atoms with Crippen molar-refractivity contribution < 1.29 is 0 Å². The first-order chi connectivity index (χ1) is 67.2. The number of para-hydroxylation sites is 2. The average Bonchev–Trinajstić information content (AvgIpc) is 1.60. The van der Waals surface area contributed by atoms with E-state index in [1.165, 1.54) is 155 Å². The highest BCUT2D eigenvalue weighted by molar-refractivity contribution is 6.03. The minimum absolute atomic E-state index is 0.0736. The molecule has 1 aliphatic rings. The zero-order chi connectivity index (χ0) is 91.4. The summed E-state index contributed by atoms with van der Waals surface area (Å²) >= 11 is 0. The predicted molar refractivity (Wildman–Crippen MR) is 578 cm³/mol. The summed E-state index contributed by atoms with van der Waals surface area (Å²) in [5.41, 5.74) is 42.0. The van der Waals surface area contributed by atoms with Crippen molar-refractivity contribution in [2.45, 2.75) is 19.3 Å². The van der Waals surface area contributed by atoms with E-state index in [4.69, 9.17) is 0 Å². The van der Waals surface area contributed by atoms with Gasteiger partial charge in [0.25, 0.3) is 0 Å². The zero-order valence-corrected chi connectivity index (χ0v) is 76.0. The Hall–Kier alpha value is -17.5. The average molecular weight is 1740 g/mol. The Kier molecular flexibility index (Phi) is 24.6. The second kappa shape index (κ2) is 39.3. The Morgan fingerprint density at radius 2 is 0.346 bits per heavy atom. The summed E-state index contributed by atoms with van der Waals surface area (Å²) in [6.07, 6.45) is 0. The van der Waals surface area contributed by atoms with Gasteiger partial charge in [-0.2, -0.15) is 0 Å². The number of fused-ring (bicyclic) bond motifs is 4. The standard InChI is InChI=1S/C57H43N.C40H29N.C36H27N/c1-57(2)55-25-15-14-24-52(55)53-36-30-45(38-56(53)57)49-22-12-13-23-50(49)51-37-35-48(39-54(51)44-20-10-5-11-21-44)58(46-31-26-42(27-32-46)40-16-6-3-7-17-40)47-33-28-43(29-34-47)41-18-8-4-9-19-41;1-4-13-30(14-5-1)31-23-25-35(26-24-31)41(34-19-8-3-9-20-34)36-27-28-39(40(29-36)33-15-6-2-7-16-33)38-22-12-18-32-17-10-11-21-37(32)38;1-5-13-28(14-6-1)29-21-23-33(24-22-29)37(32-19-11-4-12-20-32)34-25-26-35(30-15-7-2-8-16-30)36(27-34)31-17-9-3-10-18-31/h3-39H,1-2H3;1-29H;1-27H. The molecule has 1 aliphatic carbocycles. The van der Waals surface area contributed by atoms with Crippen LogP contribution in [0.4, 0.5) is 51.2 Å². The Morgan fingerprint density at radius 3 is 0.728 bits per heavy atom. The van der Waals surface area contributed by atoms with Gasteiger partial charge < -0.3 is 14.7 Å². The number of benzene rings is 22. The van der Waals surface area contributed by atoms with Gasteiger partial charge in [0.2, 0.25) is 0 Å². The Labute approximate surface area is 799 Å². The summed E-state index contributed by atoms with van der Waals surface area (Å²) in [4.78, 5) is 7.05. The van der Waals surface area contributed by atoms with Gasteiger partial charge in [0.1, 0.15) is 0 Å². The van der Waals surface area contributed by atoms with Crippen molar-refractivity contribution in [3.63, 3.8) is 0 Å². The molecule has 0 atom stereocenters. The van der Waals surface area contributed by atoms with Gasteiger partial charge in [-0.3, -0.25) is 0 Å². The van der Waals surface area contributed by atoms with Crippen LogP contribution in [0.25, 0.3) is 144 Å². The van der Waals surface area contributed by atoms with Gasteiger partial charge in [0.05, 0.1) is 0 Å². The molecule has 0 unspecified atom stereocenters. The molecule has 0 radical (unpaired) electrons. The van der Waals surface area contributed by atoms with Crippen molar-refractivity contribution in [2.75, 3.05) is 14.7 Å². The fraction of sp³-hybridized carbons (Fsp3) is 0.0226. The summed E-state index contributed by atoms with van der Waals surface area (Å²) in [5.74, 6) is 0. The van der Waals surface area contributed by atoms with Gasteiger partial charge in [-0.25, -0.2) is 0 Å². The molecule has 646 valence electrons. The lowest BCUT2D eigenvalue weighted by Crippen LogP contribution is -2.14. The number of hydrogen-bond donors (Lipinski definition) is 0. The zero-order valence-electron chi connectivity index (χ0n) is 76.0. The molecule has 23 rings (SSSR count). The number of rotatable bonds is 20. The maximum atomic E-state index is 2.44. The third kappa shape index (κ3) is 18.0. The van der Waals surface area contributed by atoms with Gasteiger partial charge in [0.15, 0.2) is 0 Å². The van der Waals surface area contributed by atoms with Crippen molar-refractivity contribution in [1.29, 1.82) is 0 Å². The predicted octanol–water partition coefficient (Wildman–Crippen LogP) is 37.3. The topological polar surface area (TPSA) is 9.72 Å². The van der Waals surface area contributed by atoms with Crippen molar-refractivity contribution >= 4 is 62.0 Å². The second-order valence-corrected chi connectivity index (χ2v) is 35.0. The van der Waals surface area contributed by atoms with Gasteiger partial charge in [-0.1, -0.05) is 463 Å². The molecule has 0 saturated heterocycles. The van der Waals surface area contributed by atoms with Crippen LogP contribution in [-0.2, 0) is 5.41 Å². The molecule has 0 amide bonds. The summed E-state index contributed by atoms with van der Waals surface area (Å²) in [5, 5.41) is 2.51. The van der Waals surface area contributed by atoms with Crippen molar-refractivity contribution in [2.24, 2.45) is 0 Å². The molecule has 0 heterocycles. The largest absolute Gasteiger partial charge is 0.310 e. The molecule has 0 bridgehead atoms. The summed E-state index contributed by atoms with van der Waals surface area (Å²) in [6.45, 7) is 4.71. The molecule has 22 aromatic rings. The van der Waals surface area contributed by atoms with Crippen LogP contribution in [-0.4, -0.2) is 0 Å². The van der Waals surface area contributed by atoms with Gasteiger partial charge in [0, 0.05) is 56.6 Å². The first kappa shape index (κ1) is 85.3. The molecule has 0 saturated carbocycles. The van der Waals surface area contributed by atoms with Crippen LogP contribution in [0.15, 0.2) is 564 Å². The Balaban J connectivity index is 0.000000126. The van der Waals surface area contributed by atoms with E-state index in [9.17, 15) is 0 Å². The van der Waals surface area contributed by atoms with Crippen LogP contribution in [0.3, 0.4) is 0 Å². The molecule has 0 N–H and O–H groups in total. The molecule has 3 nitrogen and oxygen atoms in total. The lowest BCUT2D eigenvalue weighted by molar-refractivity contribution is 0.660. The molecular formula is C133H99N3. The number of hydrogen-bond acceptors (Lipinski definition) is 3. The SMILES string of the molecule is CC1(C)c2ccccc2-c2ccc(-c3ccccc3-c3ccc(N(c4ccc(-c5ccccc5)cc4)c4ccc(-c5ccccc5)cc4)cc3-c3ccccc3)cc21.c1ccc(-c2ccc(N(c3ccccc3)c3ccc(-c4cccc5ccccc45)c(-c4ccccc4)c3)cc2)cc1.c1ccc(-c2ccc(N(c3ccccc3)c3ccc(-c4ccccc4)c(-c4ccccc4)c3)cc2)cc1. The van der Waals surface area contributed by atoms with Crippen LogP contribution in [0.2, 0.25) is 0 Å². The summed E-state index contributed by atoms with van der Waals surface area (Å²) in [6, 6.07) is 203. The lowest BCUT2D eigenvalue weighted by Gasteiger charge is -2.27. The van der Waals surface area contributed by atoms with Crippen molar-refractivity contribution in [3.05, 3.63) is 575 Å². The highest BCUT2D eigenvalue weighted by atomic mass is 15.2. The Bertz CT molecular complexity index is 7730. The van der Waals surface area contributed by atoms with Crippen molar-refractivity contribution in [3.8, 4) is 134 Å². The van der Waals surface area contributed by atoms with E-state index in [2.05, 4.69) is 593 Å². The molecule has 3 heteroatoms. The molecule has 0 spiro atoms. The van der Waals surface area contributed by atoms with Gasteiger partial charge in [-0.05, 0) is 271 Å². The van der Waals surface area contributed by atoms with Crippen LogP contribution >= 0.6 is 0 Å². The minimum atomic E-state index is -0.0736. The molecule has 0 aliphatic heterocycles. The van der Waals surface area contributed by atoms with Gasteiger partial charge in [-0.15, -0.1) is 0 Å². The third-order valence-corrected chi connectivity index (χ3v) is 26.3. The fourth-order valence-electron chi connectivity index (χ4n) is 19.5. The van der Waals surface area contributed by atoms with E-state index in [1.807, 2.05) is 0 Å². The molecule has 136 heavy (non-hydrogen) atoms. The summed E-state index contributed by atoms with van der Waals surface area (Å²) in [7, 11) is 0. The normalized spacial score (nSPS) is 11.5. The monoisotopic (exact) mass is 1740 g/mol.